The van der Waals surface area contributed by atoms with Crippen molar-refractivity contribution in [2.75, 3.05) is 26.1 Å². The number of aryl methyl sites for hydroxylation is 1. The van der Waals surface area contributed by atoms with Crippen molar-refractivity contribution in [2.24, 2.45) is 0 Å². The number of ether oxygens (including phenoxy) is 2. The van der Waals surface area contributed by atoms with Crippen molar-refractivity contribution in [3.05, 3.63) is 83.0 Å². The molecule has 3 heterocycles. The Labute approximate surface area is 179 Å². The van der Waals surface area contributed by atoms with E-state index < -0.39 is 0 Å². The molecule has 0 aliphatic rings. The van der Waals surface area contributed by atoms with E-state index in [0.717, 1.165) is 16.6 Å². The Morgan fingerprint density at radius 1 is 1.26 bits per heavy atom. The summed E-state index contributed by atoms with van der Waals surface area (Å²) in [6, 6.07) is 11.4. The number of imidazole rings is 1. The van der Waals surface area contributed by atoms with Gasteiger partial charge in [0.1, 0.15) is 28.7 Å². The quantitative estimate of drug-likeness (QED) is 0.347. The van der Waals surface area contributed by atoms with Crippen molar-refractivity contribution in [3.8, 4) is 17.0 Å². The van der Waals surface area contributed by atoms with E-state index >= 15 is 0 Å². The first-order valence-electron chi connectivity index (χ1n) is 9.83. The van der Waals surface area contributed by atoms with E-state index in [-0.39, 0.29) is 5.56 Å². The second-order valence-electron chi connectivity index (χ2n) is 7.14. The van der Waals surface area contributed by atoms with Crippen LogP contribution >= 0.6 is 0 Å². The maximum Gasteiger partial charge on any atom is 0.258 e. The Morgan fingerprint density at radius 2 is 2.10 bits per heavy atom. The van der Waals surface area contributed by atoms with E-state index in [1.54, 1.807) is 32.4 Å². The Bertz CT molecular complexity index is 1360. The molecule has 1 aromatic carbocycles. The number of aromatic amines is 1. The number of nitrogens with zero attached hydrogens (tertiary/aromatic N) is 2. The summed E-state index contributed by atoms with van der Waals surface area (Å²) in [6.45, 7) is 6.14. The van der Waals surface area contributed by atoms with Gasteiger partial charge in [-0.25, -0.2) is 4.98 Å². The smallest absolute Gasteiger partial charge is 0.258 e. The van der Waals surface area contributed by atoms with Crippen LogP contribution < -0.4 is 15.6 Å². The van der Waals surface area contributed by atoms with Gasteiger partial charge >= 0.3 is 0 Å². The predicted octanol–water partition coefficient (Wildman–Crippen LogP) is 4.29. The standard InChI is InChI=1S/C24H24N4O3/c1-5-6-18(31-4)13-25-23-22(27-21-10-7-15(2)14-28(21)23)19-11-16-8-9-17(30-3)12-20(16)26-24(19)29/h5-12,14,25H,1,13H2,2-4H3,(H,26,29). The van der Waals surface area contributed by atoms with Crippen LogP contribution in [0.25, 0.3) is 27.8 Å². The number of nitrogens with one attached hydrogen (secondary N) is 2. The number of fused-ring (bicyclic) bond motifs is 2. The second kappa shape index (κ2) is 8.39. The van der Waals surface area contributed by atoms with Crippen molar-refractivity contribution in [2.45, 2.75) is 6.92 Å². The van der Waals surface area contributed by atoms with Gasteiger partial charge in [-0.1, -0.05) is 18.7 Å². The van der Waals surface area contributed by atoms with Crippen molar-refractivity contribution in [3.63, 3.8) is 0 Å². The average Bonchev–Trinajstić information content (AvgIpc) is 3.13. The molecule has 0 amide bonds. The van der Waals surface area contributed by atoms with Gasteiger partial charge < -0.3 is 19.8 Å². The monoisotopic (exact) mass is 416 g/mol. The number of pyridine rings is 2. The molecule has 7 nitrogen and oxygen atoms in total. The summed E-state index contributed by atoms with van der Waals surface area (Å²) in [5, 5.41) is 4.27. The number of hydrogen-bond donors (Lipinski definition) is 2. The van der Waals surface area contributed by atoms with Gasteiger partial charge in [0, 0.05) is 12.3 Å². The fraction of sp³-hybridized carbons (Fsp3) is 0.167. The maximum absolute atomic E-state index is 13.0. The topological polar surface area (TPSA) is 80.6 Å². The molecule has 4 rings (SSSR count). The van der Waals surface area contributed by atoms with Crippen LogP contribution in [0.2, 0.25) is 0 Å². The lowest BCUT2D eigenvalue weighted by molar-refractivity contribution is 0.289. The largest absolute Gasteiger partial charge is 0.499 e. The third-order valence-corrected chi connectivity index (χ3v) is 5.07. The Hall–Kier alpha value is -4.00. The zero-order chi connectivity index (χ0) is 22.0. The molecule has 4 aromatic rings. The molecule has 0 aliphatic heterocycles. The number of allylic oxidation sites excluding steroid dienone is 2. The minimum absolute atomic E-state index is 0.225. The van der Waals surface area contributed by atoms with Gasteiger partial charge in [-0.2, -0.15) is 0 Å². The summed E-state index contributed by atoms with van der Waals surface area (Å²) in [6.07, 6.45) is 5.44. The van der Waals surface area contributed by atoms with Gasteiger partial charge in [-0.15, -0.1) is 0 Å². The highest BCUT2D eigenvalue weighted by molar-refractivity contribution is 5.86. The SMILES string of the molecule is C=CC=C(CNc1c(-c2cc3ccc(OC)cc3[nH]c2=O)nc2ccc(C)cn12)OC. The fourth-order valence-electron chi connectivity index (χ4n) is 3.49. The molecule has 0 atom stereocenters. The van der Waals surface area contributed by atoms with Crippen LogP contribution in [0.3, 0.4) is 0 Å². The van der Waals surface area contributed by atoms with E-state index in [1.807, 2.05) is 47.9 Å². The summed E-state index contributed by atoms with van der Waals surface area (Å²) < 4.78 is 12.6. The normalized spacial score (nSPS) is 11.6. The van der Waals surface area contributed by atoms with Crippen LogP contribution in [0, 0.1) is 6.92 Å². The molecule has 0 unspecified atom stereocenters. The summed E-state index contributed by atoms with van der Waals surface area (Å²) in [7, 11) is 3.21. The highest BCUT2D eigenvalue weighted by Crippen LogP contribution is 2.29. The first kappa shape index (κ1) is 20.3. The van der Waals surface area contributed by atoms with Gasteiger partial charge in [0.25, 0.3) is 5.56 Å². The minimum Gasteiger partial charge on any atom is -0.499 e. The van der Waals surface area contributed by atoms with Crippen LogP contribution in [0.1, 0.15) is 5.56 Å². The minimum atomic E-state index is -0.225. The molecule has 0 bridgehead atoms. The van der Waals surface area contributed by atoms with Gasteiger partial charge in [-0.05, 0) is 48.2 Å². The lowest BCUT2D eigenvalue weighted by Crippen LogP contribution is -2.12. The summed E-state index contributed by atoms with van der Waals surface area (Å²) in [5.41, 5.74) is 3.35. The van der Waals surface area contributed by atoms with Gasteiger partial charge in [0.05, 0.1) is 31.8 Å². The summed E-state index contributed by atoms with van der Waals surface area (Å²) >= 11 is 0. The Balaban J connectivity index is 1.88. The Kier molecular flexibility index (Phi) is 5.49. The second-order valence-corrected chi connectivity index (χ2v) is 7.14. The highest BCUT2D eigenvalue weighted by atomic mass is 16.5. The lowest BCUT2D eigenvalue weighted by atomic mass is 10.1. The van der Waals surface area contributed by atoms with Gasteiger partial charge in [0.2, 0.25) is 0 Å². The number of rotatable bonds is 7. The van der Waals surface area contributed by atoms with Crippen LogP contribution in [-0.4, -0.2) is 35.1 Å². The maximum atomic E-state index is 13.0. The molecule has 0 fully saturated rings. The number of hydrogen-bond acceptors (Lipinski definition) is 5. The van der Waals surface area contributed by atoms with Crippen molar-refractivity contribution in [1.29, 1.82) is 0 Å². The number of methoxy groups -OCH3 is 2. The molecule has 3 aromatic heterocycles. The summed E-state index contributed by atoms with van der Waals surface area (Å²) in [5.74, 6) is 2.11. The Morgan fingerprint density at radius 3 is 2.84 bits per heavy atom. The molecule has 2 N–H and O–H groups in total. The van der Waals surface area contributed by atoms with Crippen LogP contribution in [0.4, 0.5) is 5.82 Å². The van der Waals surface area contributed by atoms with Gasteiger partial charge in [0.15, 0.2) is 0 Å². The predicted molar refractivity (Wildman–Crippen MR) is 124 cm³/mol. The molecule has 0 spiro atoms. The summed E-state index contributed by atoms with van der Waals surface area (Å²) in [4.78, 5) is 20.7. The molecule has 7 heteroatoms. The third kappa shape index (κ3) is 3.90. The molecule has 158 valence electrons. The molecule has 31 heavy (non-hydrogen) atoms. The van der Waals surface area contributed by atoms with E-state index in [4.69, 9.17) is 14.5 Å². The molecular weight excluding hydrogens is 392 g/mol. The zero-order valence-electron chi connectivity index (χ0n) is 17.7. The molecule has 0 aliphatic carbocycles. The van der Waals surface area contributed by atoms with E-state index in [1.165, 1.54) is 0 Å². The average molecular weight is 416 g/mol. The number of H-pyrrole nitrogens is 1. The first-order chi connectivity index (χ1) is 15.0. The van der Waals surface area contributed by atoms with Crippen LogP contribution in [0.5, 0.6) is 5.75 Å². The van der Waals surface area contributed by atoms with Crippen molar-refractivity contribution < 1.29 is 9.47 Å². The van der Waals surface area contributed by atoms with Crippen LogP contribution in [-0.2, 0) is 4.74 Å². The van der Waals surface area contributed by atoms with E-state index in [0.29, 0.717) is 40.6 Å². The first-order valence-corrected chi connectivity index (χ1v) is 9.83. The van der Waals surface area contributed by atoms with Gasteiger partial charge in [-0.3, -0.25) is 9.20 Å². The van der Waals surface area contributed by atoms with E-state index in [9.17, 15) is 4.79 Å². The molecular formula is C24H24N4O3. The molecule has 0 saturated carbocycles. The van der Waals surface area contributed by atoms with E-state index in [2.05, 4.69) is 16.9 Å². The number of anilines is 1. The van der Waals surface area contributed by atoms with Crippen molar-refractivity contribution in [1.82, 2.24) is 14.4 Å². The highest BCUT2D eigenvalue weighted by Gasteiger charge is 2.18. The molecule has 0 radical (unpaired) electrons. The van der Waals surface area contributed by atoms with Crippen LogP contribution in [0.15, 0.2) is 71.9 Å². The lowest BCUT2D eigenvalue weighted by Gasteiger charge is -2.11. The third-order valence-electron chi connectivity index (χ3n) is 5.07. The number of aromatic nitrogens is 3. The number of benzene rings is 1. The van der Waals surface area contributed by atoms with Crippen molar-refractivity contribution >= 4 is 22.4 Å². The fourth-order valence-corrected chi connectivity index (χ4v) is 3.49. The molecule has 0 saturated heterocycles. The zero-order valence-corrected chi connectivity index (χ0v) is 17.7.